The summed E-state index contributed by atoms with van der Waals surface area (Å²) in [4.78, 5) is 31.1. The number of carbonyl (C=O) groups is 2. The number of carbonyl (C=O) groups excluding carboxylic acids is 1. The van der Waals surface area contributed by atoms with E-state index in [-0.39, 0.29) is 11.0 Å². The van der Waals surface area contributed by atoms with Crippen LogP contribution in [0.25, 0.3) is 0 Å². The molecule has 1 aromatic heterocycles. The molecule has 12 heteroatoms. The summed E-state index contributed by atoms with van der Waals surface area (Å²) in [6, 6.07) is 12.0. The predicted octanol–water partition coefficient (Wildman–Crippen LogP) is 4.45. The van der Waals surface area contributed by atoms with Crippen molar-refractivity contribution in [3.05, 3.63) is 65.8 Å². The van der Waals surface area contributed by atoms with E-state index in [0.717, 1.165) is 12.2 Å². The molecule has 0 saturated heterocycles. The van der Waals surface area contributed by atoms with Gasteiger partial charge < -0.3 is 30.4 Å². The number of carboxylic acid groups (broad SMARTS) is 1. The molecule has 35 heavy (non-hydrogen) atoms. The van der Waals surface area contributed by atoms with E-state index in [1.165, 1.54) is 13.3 Å². The third kappa shape index (κ3) is 7.05. The number of aliphatic carboxylic acids is 1. The van der Waals surface area contributed by atoms with Crippen LogP contribution >= 0.6 is 18.7 Å². The topological polar surface area (TPSA) is 143 Å². The summed E-state index contributed by atoms with van der Waals surface area (Å²) in [5, 5.41) is 18.3. The van der Waals surface area contributed by atoms with Gasteiger partial charge in [-0.15, -0.1) is 0 Å². The number of nitrogens with zero attached hydrogens (tertiary/aromatic N) is 2. The van der Waals surface area contributed by atoms with Crippen molar-refractivity contribution < 1.29 is 24.0 Å². The zero-order valence-corrected chi connectivity index (χ0v) is 20.7. The first kappa shape index (κ1) is 25.7. The Balaban J connectivity index is 1.88. The highest BCUT2D eigenvalue weighted by Gasteiger charge is 2.17. The Kier molecular flexibility index (Phi) is 8.11. The third-order valence-electron chi connectivity index (χ3n) is 4.57. The van der Waals surface area contributed by atoms with Crippen molar-refractivity contribution in [3.8, 4) is 5.75 Å². The molecule has 0 aliphatic carbocycles. The van der Waals surface area contributed by atoms with E-state index < -0.39 is 19.0 Å². The molecule has 0 spiro atoms. The van der Waals surface area contributed by atoms with Gasteiger partial charge in [-0.2, -0.15) is 4.98 Å². The van der Waals surface area contributed by atoms with Crippen LogP contribution in [-0.2, 0) is 14.2 Å². The maximum atomic E-state index is 12.7. The second-order valence-electron chi connectivity index (χ2n) is 7.58. The molecule has 3 aromatic rings. The summed E-state index contributed by atoms with van der Waals surface area (Å²) in [6.07, 6.45) is 3.06. The summed E-state index contributed by atoms with van der Waals surface area (Å²) in [7, 11) is -1.09. The molecule has 1 amide bonds. The van der Waals surface area contributed by atoms with Crippen molar-refractivity contribution in [2.24, 2.45) is 0 Å². The minimum Gasteiger partial charge on any atom is -0.495 e. The Morgan fingerprint density at radius 3 is 2.51 bits per heavy atom. The number of rotatable bonds is 9. The Labute approximate surface area is 206 Å². The van der Waals surface area contributed by atoms with Crippen LogP contribution in [-0.4, -0.2) is 47.4 Å². The van der Waals surface area contributed by atoms with Gasteiger partial charge in [-0.25, -0.2) is 9.78 Å². The van der Waals surface area contributed by atoms with Gasteiger partial charge in [0.2, 0.25) is 11.9 Å². The molecule has 3 rings (SSSR count). The van der Waals surface area contributed by atoms with Gasteiger partial charge in [-0.1, -0.05) is 23.7 Å². The predicted molar refractivity (Wildman–Crippen MR) is 138 cm³/mol. The standard InChI is InChI=1S/C23H23ClN5O5P/c1-34-18-9-8-14(26-20(30)10-11-21(31)32)12-17(18)28-23-25-13-15(24)22(29-23)27-16-6-4-5-7-19(16)35(2,3)33/h4-13H,1-3H3,(H,26,30)(H,31,32)(H2,25,27,28,29). The zero-order valence-electron chi connectivity index (χ0n) is 19.1. The fourth-order valence-electron chi connectivity index (χ4n) is 3.03. The average molecular weight is 516 g/mol. The van der Waals surface area contributed by atoms with Gasteiger partial charge in [0.25, 0.3) is 0 Å². The van der Waals surface area contributed by atoms with Gasteiger partial charge in [-0.3, -0.25) is 4.79 Å². The van der Waals surface area contributed by atoms with Gasteiger partial charge >= 0.3 is 5.97 Å². The lowest BCUT2D eigenvalue weighted by molar-refractivity contribution is -0.131. The maximum absolute atomic E-state index is 12.7. The minimum atomic E-state index is -2.57. The molecule has 1 heterocycles. The molecular weight excluding hydrogens is 493 g/mol. The lowest BCUT2D eigenvalue weighted by Gasteiger charge is -2.16. The van der Waals surface area contributed by atoms with E-state index in [1.807, 2.05) is 12.1 Å². The SMILES string of the molecule is COc1ccc(NC(=O)C=CC(=O)O)cc1Nc1ncc(Cl)c(Nc2ccccc2P(C)(C)=O)n1. The number of hydrogen-bond acceptors (Lipinski definition) is 8. The van der Waals surface area contributed by atoms with Gasteiger partial charge in [0, 0.05) is 23.1 Å². The molecule has 0 radical (unpaired) electrons. The van der Waals surface area contributed by atoms with Crippen LogP contribution in [0.4, 0.5) is 28.8 Å². The molecule has 0 bridgehead atoms. The Morgan fingerprint density at radius 1 is 1.09 bits per heavy atom. The first-order valence-electron chi connectivity index (χ1n) is 10.2. The van der Waals surface area contributed by atoms with E-state index >= 15 is 0 Å². The molecule has 0 saturated carbocycles. The number of anilines is 5. The fourth-order valence-corrected chi connectivity index (χ4v) is 4.32. The second kappa shape index (κ2) is 11.0. The Morgan fingerprint density at radius 2 is 1.83 bits per heavy atom. The smallest absolute Gasteiger partial charge is 0.328 e. The lowest BCUT2D eigenvalue weighted by Crippen LogP contribution is -2.11. The van der Waals surface area contributed by atoms with E-state index in [4.69, 9.17) is 21.4 Å². The monoisotopic (exact) mass is 515 g/mol. The Hall–Kier alpha value is -3.88. The molecule has 4 N–H and O–H groups in total. The molecule has 0 fully saturated rings. The second-order valence-corrected chi connectivity index (χ2v) is 11.2. The summed E-state index contributed by atoms with van der Waals surface area (Å²) < 4.78 is 18.0. The van der Waals surface area contributed by atoms with Gasteiger partial charge in [-0.05, 0) is 43.7 Å². The lowest BCUT2D eigenvalue weighted by atomic mass is 10.2. The zero-order chi connectivity index (χ0) is 25.6. The number of hydrogen-bond donors (Lipinski definition) is 4. The van der Waals surface area contributed by atoms with Crippen LogP contribution < -0.4 is 26.0 Å². The van der Waals surface area contributed by atoms with Crippen LogP contribution in [0.1, 0.15) is 0 Å². The first-order valence-corrected chi connectivity index (χ1v) is 13.2. The highest BCUT2D eigenvalue weighted by atomic mass is 35.5. The molecule has 10 nitrogen and oxygen atoms in total. The van der Waals surface area contributed by atoms with Crippen molar-refractivity contribution in [2.45, 2.75) is 0 Å². The van der Waals surface area contributed by atoms with Crippen molar-refractivity contribution in [3.63, 3.8) is 0 Å². The van der Waals surface area contributed by atoms with Crippen molar-refractivity contribution in [2.75, 3.05) is 36.4 Å². The number of para-hydroxylation sites is 1. The largest absolute Gasteiger partial charge is 0.495 e. The molecule has 182 valence electrons. The number of carboxylic acids is 1. The minimum absolute atomic E-state index is 0.179. The number of aromatic nitrogens is 2. The molecule has 0 aliphatic heterocycles. The normalized spacial score (nSPS) is 11.2. The number of methoxy groups -OCH3 is 1. The number of nitrogens with one attached hydrogen (secondary N) is 3. The van der Waals surface area contributed by atoms with E-state index in [2.05, 4.69) is 25.9 Å². The van der Waals surface area contributed by atoms with Crippen LogP contribution in [0.2, 0.25) is 5.02 Å². The maximum Gasteiger partial charge on any atom is 0.328 e. The summed E-state index contributed by atoms with van der Waals surface area (Å²) in [5.41, 5.74) is 1.44. The van der Waals surface area contributed by atoms with Crippen molar-refractivity contribution >= 4 is 64.8 Å². The molecule has 2 aromatic carbocycles. The van der Waals surface area contributed by atoms with Crippen molar-refractivity contribution in [1.29, 1.82) is 0 Å². The van der Waals surface area contributed by atoms with Crippen LogP contribution in [0.15, 0.2) is 60.8 Å². The molecule has 0 aliphatic rings. The number of amides is 1. The van der Waals surface area contributed by atoms with E-state index in [1.54, 1.807) is 43.7 Å². The van der Waals surface area contributed by atoms with Crippen LogP contribution in [0, 0.1) is 0 Å². The van der Waals surface area contributed by atoms with Crippen molar-refractivity contribution in [1.82, 2.24) is 9.97 Å². The highest BCUT2D eigenvalue weighted by Crippen LogP contribution is 2.39. The number of benzene rings is 2. The number of ether oxygens (including phenoxy) is 1. The van der Waals surface area contributed by atoms with E-state index in [0.29, 0.717) is 33.9 Å². The molecule has 0 unspecified atom stereocenters. The van der Waals surface area contributed by atoms with Crippen LogP contribution in [0.5, 0.6) is 5.75 Å². The summed E-state index contributed by atoms with van der Waals surface area (Å²) in [5.74, 6) is -0.920. The fraction of sp³-hybridized carbons (Fsp3) is 0.130. The Bertz CT molecular complexity index is 1340. The molecule has 0 atom stereocenters. The summed E-state index contributed by atoms with van der Waals surface area (Å²) >= 11 is 6.30. The summed E-state index contributed by atoms with van der Waals surface area (Å²) in [6.45, 7) is 3.36. The van der Waals surface area contributed by atoms with Gasteiger partial charge in [0.05, 0.1) is 24.7 Å². The first-order chi connectivity index (χ1) is 16.6. The van der Waals surface area contributed by atoms with Crippen LogP contribution in [0.3, 0.4) is 0 Å². The van der Waals surface area contributed by atoms with Gasteiger partial charge in [0.15, 0.2) is 5.82 Å². The van der Waals surface area contributed by atoms with E-state index in [9.17, 15) is 14.2 Å². The third-order valence-corrected chi connectivity index (χ3v) is 6.40. The quantitative estimate of drug-likeness (QED) is 0.240. The highest BCUT2D eigenvalue weighted by molar-refractivity contribution is 7.70. The average Bonchev–Trinajstić information content (AvgIpc) is 2.80. The molecular formula is C23H23ClN5O5P. The van der Waals surface area contributed by atoms with Gasteiger partial charge in [0.1, 0.15) is 17.9 Å². The number of halogens is 1.